The highest BCUT2D eigenvalue weighted by Gasteiger charge is 2.62. The second kappa shape index (κ2) is 7.29. The van der Waals surface area contributed by atoms with Gasteiger partial charge >= 0.3 is 17.9 Å². The van der Waals surface area contributed by atoms with E-state index < -0.39 is 28.7 Å². The highest BCUT2D eigenvalue weighted by molar-refractivity contribution is 5.91. The summed E-state index contributed by atoms with van der Waals surface area (Å²) in [5.41, 5.74) is 0.672. The Morgan fingerprint density at radius 1 is 1.13 bits per heavy atom. The van der Waals surface area contributed by atoms with Crippen molar-refractivity contribution in [3.8, 4) is 0 Å². The van der Waals surface area contributed by atoms with E-state index in [1.54, 1.807) is 19.5 Å². The fourth-order valence-electron chi connectivity index (χ4n) is 5.98. The number of rotatable bonds is 3. The van der Waals surface area contributed by atoms with Gasteiger partial charge in [-0.25, -0.2) is 0 Å². The van der Waals surface area contributed by atoms with Crippen molar-refractivity contribution in [1.82, 2.24) is 0 Å². The van der Waals surface area contributed by atoms with Crippen LogP contribution in [0.3, 0.4) is 0 Å². The molecule has 0 amide bonds. The van der Waals surface area contributed by atoms with Gasteiger partial charge in [0, 0.05) is 12.0 Å². The topological polar surface area (TPSA) is 92.0 Å². The Labute approximate surface area is 175 Å². The molecule has 4 rings (SSSR count). The number of ether oxygens (including phenoxy) is 3. The van der Waals surface area contributed by atoms with E-state index in [0.29, 0.717) is 25.7 Å². The van der Waals surface area contributed by atoms with E-state index in [2.05, 4.69) is 6.92 Å². The van der Waals surface area contributed by atoms with Crippen LogP contribution >= 0.6 is 0 Å². The van der Waals surface area contributed by atoms with Crippen molar-refractivity contribution in [3.05, 3.63) is 35.3 Å². The summed E-state index contributed by atoms with van der Waals surface area (Å²) in [7, 11) is 2.66. The average molecular weight is 416 g/mol. The molecular formula is C23H28O7. The van der Waals surface area contributed by atoms with Crippen molar-refractivity contribution >= 4 is 17.9 Å². The fraction of sp³-hybridized carbons (Fsp3) is 0.609. The first kappa shape index (κ1) is 20.7. The zero-order valence-corrected chi connectivity index (χ0v) is 17.9. The predicted octanol–water partition coefficient (Wildman–Crippen LogP) is 3.74. The Balaban J connectivity index is 1.85. The number of hydrogen-bond acceptors (Lipinski definition) is 7. The molecule has 3 aliphatic rings. The molecular weight excluding hydrogens is 388 g/mol. The fourth-order valence-corrected chi connectivity index (χ4v) is 5.98. The van der Waals surface area contributed by atoms with E-state index in [4.69, 9.17) is 18.6 Å². The third kappa shape index (κ3) is 2.67. The minimum atomic E-state index is -1.16. The van der Waals surface area contributed by atoms with Gasteiger partial charge < -0.3 is 18.6 Å². The number of furan rings is 1. The molecule has 7 nitrogen and oxygen atoms in total. The van der Waals surface area contributed by atoms with Crippen LogP contribution in [0.25, 0.3) is 0 Å². The molecule has 0 bridgehead atoms. The molecule has 30 heavy (non-hydrogen) atoms. The van der Waals surface area contributed by atoms with Gasteiger partial charge in [0.15, 0.2) is 0 Å². The quantitative estimate of drug-likeness (QED) is 0.421. The number of cyclic esters (lactones) is 1. The lowest BCUT2D eigenvalue weighted by molar-refractivity contribution is -0.164. The number of esters is 3. The molecule has 1 spiro atoms. The SMILES string of the molecule is COC(=O)C1CCC2=C(CCC(C)C23CC(c2ccoc2)OC3=O)C1(C)C(=O)OC. The van der Waals surface area contributed by atoms with Crippen molar-refractivity contribution in [3.63, 3.8) is 0 Å². The molecule has 5 unspecified atom stereocenters. The van der Waals surface area contributed by atoms with Crippen LogP contribution in [-0.4, -0.2) is 32.1 Å². The summed E-state index contributed by atoms with van der Waals surface area (Å²) in [6.45, 7) is 3.83. The maximum Gasteiger partial charge on any atom is 0.317 e. The van der Waals surface area contributed by atoms with E-state index in [0.717, 1.165) is 23.1 Å². The first-order valence-electron chi connectivity index (χ1n) is 10.4. The molecule has 2 aliphatic carbocycles. The lowest BCUT2D eigenvalue weighted by atomic mass is 9.52. The molecule has 162 valence electrons. The van der Waals surface area contributed by atoms with Crippen LogP contribution in [0.15, 0.2) is 34.2 Å². The van der Waals surface area contributed by atoms with Crippen LogP contribution < -0.4 is 0 Å². The smallest absolute Gasteiger partial charge is 0.317 e. The lowest BCUT2D eigenvalue weighted by Gasteiger charge is -2.49. The highest BCUT2D eigenvalue weighted by atomic mass is 16.6. The van der Waals surface area contributed by atoms with Gasteiger partial charge in [0.2, 0.25) is 0 Å². The monoisotopic (exact) mass is 416 g/mol. The summed E-state index contributed by atoms with van der Waals surface area (Å²) in [5, 5.41) is 0. The molecule has 0 N–H and O–H groups in total. The average Bonchev–Trinajstić information content (AvgIpc) is 3.39. The van der Waals surface area contributed by atoms with Crippen molar-refractivity contribution in [2.75, 3.05) is 14.2 Å². The van der Waals surface area contributed by atoms with Crippen molar-refractivity contribution in [1.29, 1.82) is 0 Å². The third-order valence-corrected chi connectivity index (χ3v) is 7.71. The molecule has 1 aliphatic heterocycles. The number of fused-ring (bicyclic) bond motifs is 1. The molecule has 2 heterocycles. The summed E-state index contributed by atoms with van der Waals surface area (Å²) in [6, 6.07) is 1.81. The molecule has 7 heteroatoms. The third-order valence-electron chi connectivity index (χ3n) is 7.71. The normalized spacial score (nSPS) is 35.7. The zero-order chi connectivity index (χ0) is 21.7. The molecule has 5 atom stereocenters. The summed E-state index contributed by atoms with van der Waals surface area (Å²) >= 11 is 0. The standard InChI is InChI=1S/C23H28O7/c1-13-5-6-15-16(7-8-17(19(24)27-3)22(15,2)20(25)28-4)23(13)11-18(30-21(23)26)14-9-10-29-12-14/h9-10,12-13,17-18H,5-8,11H2,1-4H3. The van der Waals surface area contributed by atoms with E-state index in [9.17, 15) is 14.4 Å². The van der Waals surface area contributed by atoms with E-state index in [-0.39, 0.29) is 18.0 Å². The van der Waals surface area contributed by atoms with Crippen LogP contribution in [0.1, 0.15) is 57.6 Å². The zero-order valence-electron chi connectivity index (χ0n) is 17.9. The van der Waals surface area contributed by atoms with Crippen molar-refractivity contribution < 1.29 is 33.0 Å². The molecule has 1 aromatic heterocycles. The maximum atomic E-state index is 13.3. The van der Waals surface area contributed by atoms with Gasteiger partial charge in [-0.3, -0.25) is 14.4 Å². The maximum absolute atomic E-state index is 13.3. The number of hydrogen-bond donors (Lipinski definition) is 0. The van der Waals surface area contributed by atoms with Gasteiger partial charge in [-0.2, -0.15) is 0 Å². The Hall–Kier alpha value is -2.57. The number of carbonyl (C=O) groups is 3. The van der Waals surface area contributed by atoms with Crippen LogP contribution in [0.2, 0.25) is 0 Å². The van der Waals surface area contributed by atoms with Gasteiger partial charge in [0.1, 0.15) is 6.10 Å². The Bertz CT molecular complexity index is 899. The van der Waals surface area contributed by atoms with E-state index in [1.807, 2.05) is 6.07 Å². The number of methoxy groups -OCH3 is 2. The largest absolute Gasteiger partial charge is 0.472 e. The number of carbonyl (C=O) groups excluding carboxylic acids is 3. The van der Waals surface area contributed by atoms with Crippen LogP contribution in [-0.2, 0) is 28.6 Å². The molecule has 0 aromatic carbocycles. The van der Waals surface area contributed by atoms with Gasteiger partial charge in [-0.1, -0.05) is 18.1 Å². The summed E-state index contributed by atoms with van der Waals surface area (Å²) in [5.74, 6) is -1.71. The van der Waals surface area contributed by atoms with Gasteiger partial charge in [0.25, 0.3) is 0 Å². The van der Waals surface area contributed by atoms with Crippen LogP contribution in [0.5, 0.6) is 0 Å². The van der Waals surface area contributed by atoms with Crippen molar-refractivity contribution in [2.24, 2.45) is 22.7 Å². The highest BCUT2D eigenvalue weighted by Crippen LogP contribution is 2.62. The lowest BCUT2D eigenvalue weighted by Crippen LogP contribution is -2.50. The molecule has 1 aromatic rings. The second-order valence-corrected chi connectivity index (χ2v) is 8.83. The van der Waals surface area contributed by atoms with Crippen molar-refractivity contribution in [2.45, 2.75) is 52.1 Å². The van der Waals surface area contributed by atoms with E-state index in [1.165, 1.54) is 14.2 Å². The molecule has 1 fully saturated rings. The minimum absolute atomic E-state index is 0.0669. The summed E-state index contributed by atoms with van der Waals surface area (Å²) < 4.78 is 21.2. The van der Waals surface area contributed by atoms with Crippen LogP contribution in [0, 0.1) is 22.7 Å². The molecule has 0 saturated carbocycles. The van der Waals surface area contributed by atoms with Gasteiger partial charge in [-0.05, 0) is 44.6 Å². The van der Waals surface area contributed by atoms with E-state index >= 15 is 0 Å². The van der Waals surface area contributed by atoms with Crippen LogP contribution in [0.4, 0.5) is 0 Å². The van der Waals surface area contributed by atoms with Gasteiger partial charge in [-0.15, -0.1) is 0 Å². The Morgan fingerprint density at radius 3 is 2.50 bits per heavy atom. The molecule has 0 radical (unpaired) electrons. The summed E-state index contributed by atoms with van der Waals surface area (Å²) in [4.78, 5) is 38.9. The Kier molecular flexibility index (Phi) is 5.03. The second-order valence-electron chi connectivity index (χ2n) is 8.83. The first-order valence-corrected chi connectivity index (χ1v) is 10.4. The van der Waals surface area contributed by atoms with Gasteiger partial charge in [0.05, 0.1) is 43.5 Å². The Morgan fingerprint density at radius 2 is 1.87 bits per heavy atom. The minimum Gasteiger partial charge on any atom is -0.472 e. The summed E-state index contributed by atoms with van der Waals surface area (Å²) in [6.07, 6.45) is 5.65. The predicted molar refractivity (Wildman–Crippen MR) is 105 cm³/mol. The molecule has 1 saturated heterocycles. The first-order chi connectivity index (χ1) is 14.3.